The van der Waals surface area contributed by atoms with Gasteiger partial charge in [-0.1, -0.05) is 44.2 Å². The van der Waals surface area contributed by atoms with Crippen LogP contribution in [0, 0.1) is 11.8 Å². The molecule has 7 heteroatoms. The zero-order valence-electron chi connectivity index (χ0n) is 15.2. The zero-order valence-corrected chi connectivity index (χ0v) is 15.2. The molecule has 1 aliphatic rings. The van der Waals surface area contributed by atoms with Crippen molar-refractivity contribution in [3.8, 4) is 0 Å². The molecule has 1 aliphatic heterocycles. The Labute approximate surface area is 152 Å². The highest BCUT2D eigenvalue weighted by Gasteiger charge is 2.54. The first-order valence-corrected chi connectivity index (χ1v) is 8.98. The van der Waals surface area contributed by atoms with Gasteiger partial charge >= 0.3 is 12.2 Å². The maximum Gasteiger partial charge on any atom is 0.417 e. The topological polar surface area (TPSA) is 52.6 Å². The fraction of sp³-hybridized carbons (Fsp3) is 0.632. The maximum atomic E-state index is 12.8. The number of halogens is 3. The monoisotopic (exact) mass is 372 g/mol. The van der Waals surface area contributed by atoms with E-state index in [1.807, 2.05) is 30.3 Å². The zero-order chi connectivity index (χ0) is 19.4. The number of rotatable bonds is 5. The van der Waals surface area contributed by atoms with Gasteiger partial charge in [-0.25, -0.2) is 4.79 Å². The Hall–Kier alpha value is -1.76. The summed E-state index contributed by atoms with van der Waals surface area (Å²) in [6, 6.07) is 9.61. The quantitative estimate of drug-likeness (QED) is 0.830. The van der Waals surface area contributed by atoms with Crippen LogP contribution in [0.1, 0.15) is 32.3 Å². The van der Waals surface area contributed by atoms with E-state index in [1.54, 1.807) is 0 Å². The average molecular weight is 372 g/mol. The van der Waals surface area contributed by atoms with Crippen LogP contribution < -0.4 is 5.32 Å². The molecule has 1 saturated heterocycles. The number of alkyl halides is 3. The molecule has 26 heavy (non-hydrogen) atoms. The minimum atomic E-state index is -4.66. The fourth-order valence-corrected chi connectivity index (χ4v) is 3.15. The van der Waals surface area contributed by atoms with Gasteiger partial charge < -0.3 is 15.3 Å². The van der Waals surface area contributed by atoms with Crippen LogP contribution in [0.15, 0.2) is 30.3 Å². The second kappa shape index (κ2) is 8.29. The molecule has 0 spiro atoms. The molecule has 1 aromatic rings. The molecule has 1 fully saturated rings. The van der Waals surface area contributed by atoms with Gasteiger partial charge in [-0.05, 0) is 23.8 Å². The van der Waals surface area contributed by atoms with Crippen LogP contribution in [-0.4, -0.2) is 47.4 Å². The molecule has 146 valence electrons. The van der Waals surface area contributed by atoms with Gasteiger partial charge in [0.05, 0.1) is 0 Å². The van der Waals surface area contributed by atoms with Crippen LogP contribution in [0.5, 0.6) is 0 Å². The molecule has 4 nitrogen and oxygen atoms in total. The van der Waals surface area contributed by atoms with Crippen molar-refractivity contribution in [2.24, 2.45) is 11.8 Å². The SMILES string of the molecule is CC(C)C(CNC(=O)N1CCC(O)(C(F)(F)F)CC1)Cc1ccccc1. The smallest absolute Gasteiger partial charge is 0.380 e. The molecular weight excluding hydrogens is 345 g/mol. The average Bonchev–Trinajstić information content (AvgIpc) is 2.58. The van der Waals surface area contributed by atoms with Gasteiger partial charge in [0.15, 0.2) is 5.60 Å². The molecule has 1 unspecified atom stereocenters. The fourth-order valence-electron chi connectivity index (χ4n) is 3.15. The number of nitrogens with one attached hydrogen (secondary N) is 1. The first-order chi connectivity index (χ1) is 12.1. The lowest BCUT2D eigenvalue weighted by Crippen LogP contribution is -2.56. The van der Waals surface area contributed by atoms with E-state index in [9.17, 15) is 23.1 Å². The second-order valence-electron chi connectivity index (χ2n) is 7.40. The van der Waals surface area contributed by atoms with Gasteiger partial charge in [0, 0.05) is 32.5 Å². The van der Waals surface area contributed by atoms with Gasteiger partial charge in [0.1, 0.15) is 0 Å². The number of hydrogen-bond acceptors (Lipinski definition) is 2. The van der Waals surface area contributed by atoms with Crippen molar-refractivity contribution in [3.63, 3.8) is 0 Å². The predicted molar refractivity (Wildman–Crippen MR) is 93.7 cm³/mol. The number of benzene rings is 1. The summed E-state index contributed by atoms with van der Waals surface area (Å²) < 4.78 is 38.5. The Balaban J connectivity index is 1.85. The molecule has 2 N–H and O–H groups in total. The molecule has 2 amide bonds. The predicted octanol–water partition coefficient (Wildman–Crippen LogP) is 3.60. The van der Waals surface area contributed by atoms with Crippen molar-refractivity contribution in [2.75, 3.05) is 19.6 Å². The van der Waals surface area contributed by atoms with Gasteiger partial charge in [-0.3, -0.25) is 0 Å². The van der Waals surface area contributed by atoms with Crippen molar-refractivity contribution in [1.82, 2.24) is 10.2 Å². The van der Waals surface area contributed by atoms with Crippen molar-refractivity contribution >= 4 is 6.03 Å². The van der Waals surface area contributed by atoms with E-state index in [0.717, 1.165) is 6.42 Å². The van der Waals surface area contributed by atoms with Crippen LogP contribution in [0.25, 0.3) is 0 Å². The van der Waals surface area contributed by atoms with E-state index in [1.165, 1.54) is 10.5 Å². The van der Waals surface area contributed by atoms with E-state index >= 15 is 0 Å². The van der Waals surface area contributed by atoms with Crippen LogP contribution in [0.2, 0.25) is 0 Å². The van der Waals surface area contributed by atoms with E-state index < -0.39 is 24.6 Å². The van der Waals surface area contributed by atoms with Gasteiger partial charge in [-0.2, -0.15) is 13.2 Å². The number of amides is 2. The van der Waals surface area contributed by atoms with Crippen LogP contribution in [-0.2, 0) is 6.42 Å². The lowest BCUT2D eigenvalue weighted by molar-refractivity contribution is -0.271. The molecule has 1 atom stereocenters. The minimum absolute atomic E-state index is 0.104. The maximum absolute atomic E-state index is 12.8. The third kappa shape index (κ3) is 5.13. The molecular formula is C19H27F3N2O2. The minimum Gasteiger partial charge on any atom is -0.380 e. The summed E-state index contributed by atoms with van der Waals surface area (Å²) in [5.74, 6) is 0.588. The van der Waals surface area contributed by atoms with Crippen molar-refractivity contribution in [1.29, 1.82) is 0 Å². The largest absolute Gasteiger partial charge is 0.417 e. The number of piperidine rings is 1. The van der Waals surface area contributed by atoms with Crippen LogP contribution in [0.4, 0.5) is 18.0 Å². The second-order valence-corrected chi connectivity index (χ2v) is 7.40. The number of aliphatic hydroxyl groups is 1. The summed E-state index contributed by atoms with van der Waals surface area (Å²) in [4.78, 5) is 13.6. The molecule has 0 bridgehead atoms. The van der Waals surface area contributed by atoms with Crippen molar-refractivity contribution in [3.05, 3.63) is 35.9 Å². The first-order valence-electron chi connectivity index (χ1n) is 8.98. The molecule has 0 aromatic heterocycles. The van der Waals surface area contributed by atoms with Crippen LogP contribution in [0.3, 0.4) is 0 Å². The third-order valence-electron chi connectivity index (χ3n) is 5.20. The van der Waals surface area contributed by atoms with Gasteiger partial charge in [0.2, 0.25) is 0 Å². The van der Waals surface area contributed by atoms with E-state index in [2.05, 4.69) is 19.2 Å². The number of nitrogens with zero attached hydrogens (tertiary/aromatic N) is 1. The lowest BCUT2D eigenvalue weighted by Gasteiger charge is -2.39. The highest BCUT2D eigenvalue weighted by Crippen LogP contribution is 2.38. The Morgan fingerprint density at radius 2 is 1.81 bits per heavy atom. The Morgan fingerprint density at radius 1 is 1.23 bits per heavy atom. The summed E-state index contributed by atoms with van der Waals surface area (Å²) in [6.45, 7) is 4.43. The van der Waals surface area contributed by atoms with E-state index in [4.69, 9.17) is 0 Å². The molecule has 1 aromatic carbocycles. The summed E-state index contributed by atoms with van der Waals surface area (Å²) in [5, 5.41) is 12.5. The normalized spacial score (nSPS) is 18.7. The highest BCUT2D eigenvalue weighted by atomic mass is 19.4. The Kier molecular flexibility index (Phi) is 6.55. The summed E-state index contributed by atoms with van der Waals surface area (Å²) in [7, 11) is 0. The molecule has 1 heterocycles. The lowest BCUT2D eigenvalue weighted by atomic mass is 9.89. The number of hydrogen-bond donors (Lipinski definition) is 2. The first kappa shape index (κ1) is 20.6. The Morgan fingerprint density at radius 3 is 2.31 bits per heavy atom. The number of urea groups is 1. The number of likely N-dealkylation sites (tertiary alicyclic amines) is 1. The number of carbonyl (C=O) groups is 1. The molecule has 0 saturated carbocycles. The Bertz CT molecular complexity index is 582. The third-order valence-corrected chi connectivity index (χ3v) is 5.20. The van der Waals surface area contributed by atoms with Crippen molar-refractivity contribution < 1.29 is 23.1 Å². The number of carbonyl (C=O) groups excluding carboxylic acids is 1. The van der Waals surface area contributed by atoms with Gasteiger partial charge in [-0.15, -0.1) is 0 Å². The van der Waals surface area contributed by atoms with Crippen molar-refractivity contribution in [2.45, 2.75) is 44.9 Å². The standard InChI is InChI=1S/C19H27F3N2O2/c1-14(2)16(12-15-6-4-3-5-7-15)13-23-17(25)24-10-8-18(26,9-11-24)19(20,21)22/h3-7,14,16,26H,8-13H2,1-2H3,(H,23,25). The highest BCUT2D eigenvalue weighted by molar-refractivity contribution is 5.74. The van der Waals surface area contributed by atoms with Gasteiger partial charge in [0.25, 0.3) is 0 Å². The summed E-state index contributed by atoms with van der Waals surface area (Å²) in [6.07, 6.45) is -4.80. The summed E-state index contributed by atoms with van der Waals surface area (Å²) >= 11 is 0. The van der Waals surface area contributed by atoms with Crippen LogP contribution >= 0.6 is 0 Å². The molecule has 0 aliphatic carbocycles. The molecule has 0 radical (unpaired) electrons. The van der Waals surface area contributed by atoms with E-state index in [0.29, 0.717) is 12.5 Å². The van der Waals surface area contributed by atoms with E-state index in [-0.39, 0.29) is 25.0 Å². The summed E-state index contributed by atoms with van der Waals surface area (Å²) in [5.41, 5.74) is -1.49. The molecule has 2 rings (SSSR count).